The van der Waals surface area contributed by atoms with E-state index in [0.29, 0.717) is 18.7 Å². The first-order valence-corrected chi connectivity index (χ1v) is 8.34. The van der Waals surface area contributed by atoms with E-state index in [1.165, 1.54) is 0 Å². The second-order valence-electron chi connectivity index (χ2n) is 5.88. The summed E-state index contributed by atoms with van der Waals surface area (Å²) in [7, 11) is 1.64. The maximum absolute atomic E-state index is 12.6. The lowest BCUT2D eigenvalue weighted by atomic mass is 10.1. The van der Waals surface area contributed by atoms with Crippen molar-refractivity contribution in [2.45, 2.75) is 32.3 Å². The molecule has 3 rings (SSSR count). The zero-order valence-corrected chi connectivity index (χ0v) is 14.1. The Morgan fingerprint density at radius 3 is 2.67 bits per heavy atom. The van der Waals surface area contributed by atoms with Crippen LogP contribution in [0.3, 0.4) is 0 Å². The maximum Gasteiger partial charge on any atom is 0.257 e. The van der Waals surface area contributed by atoms with Gasteiger partial charge in [-0.1, -0.05) is 19.1 Å². The summed E-state index contributed by atoms with van der Waals surface area (Å²) in [5, 5.41) is 6.88. The summed E-state index contributed by atoms with van der Waals surface area (Å²) < 4.78 is 11.4. The number of benzene rings is 1. The molecule has 2 heterocycles. The van der Waals surface area contributed by atoms with Crippen LogP contribution in [0.2, 0.25) is 0 Å². The molecule has 0 unspecified atom stereocenters. The van der Waals surface area contributed by atoms with Gasteiger partial charge in [0.25, 0.3) is 5.91 Å². The van der Waals surface area contributed by atoms with Crippen molar-refractivity contribution < 1.29 is 14.3 Å². The van der Waals surface area contributed by atoms with Crippen LogP contribution in [0.25, 0.3) is 0 Å². The zero-order valence-electron chi connectivity index (χ0n) is 14.1. The molecule has 1 aliphatic heterocycles. The number of H-pyrrole nitrogens is 1. The fourth-order valence-electron chi connectivity index (χ4n) is 3.01. The van der Waals surface area contributed by atoms with E-state index in [1.807, 2.05) is 36.1 Å². The van der Waals surface area contributed by atoms with Crippen LogP contribution >= 0.6 is 0 Å². The topological polar surface area (TPSA) is 67.5 Å². The quantitative estimate of drug-likeness (QED) is 0.916. The van der Waals surface area contributed by atoms with Crippen LogP contribution in [0.1, 0.15) is 35.8 Å². The first kappa shape index (κ1) is 16.4. The molecule has 0 spiro atoms. The molecule has 1 aliphatic rings. The number of hydrogen-bond acceptors (Lipinski definition) is 4. The molecule has 6 heteroatoms. The van der Waals surface area contributed by atoms with E-state index in [0.717, 1.165) is 36.5 Å². The molecule has 1 aromatic carbocycles. The molecule has 0 aliphatic carbocycles. The molecule has 1 N–H and O–H groups in total. The van der Waals surface area contributed by atoms with Crippen molar-refractivity contribution in [1.29, 1.82) is 0 Å². The van der Waals surface area contributed by atoms with Gasteiger partial charge in [-0.2, -0.15) is 5.10 Å². The van der Waals surface area contributed by atoms with E-state index in [2.05, 4.69) is 10.2 Å². The van der Waals surface area contributed by atoms with Gasteiger partial charge in [-0.3, -0.25) is 9.89 Å². The number of aromatic amines is 1. The fourth-order valence-corrected chi connectivity index (χ4v) is 3.01. The first-order chi connectivity index (χ1) is 11.7. The maximum atomic E-state index is 12.6. The van der Waals surface area contributed by atoms with Crippen LogP contribution in [-0.2, 0) is 6.42 Å². The highest BCUT2D eigenvalue weighted by Crippen LogP contribution is 2.29. The average molecular weight is 329 g/mol. The molecule has 0 atom stereocenters. The fraction of sp³-hybridized carbons (Fsp3) is 0.444. The third kappa shape index (κ3) is 3.37. The summed E-state index contributed by atoms with van der Waals surface area (Å²) in [6.45, 7) is 3.39. The van der Waals surface area contributed by atoms with Gasteiger partial charge in [0.15, 0.2) is 11.5 Å². The molecule has 128 valence electrons. The number of carbonyl (C=O) groups excluding carboxylic acids is 1. The second kappa shape index (κ2) is 7.38. The largest absolute Gasteiger partial charge is 0.493 e. The lowest BCUT2D eigenvalue weighted by molar-refractivity contribution is 0.0589. The van der Waals surface area contributed by atoms with Crippen molar-refractivity contribution in [2.24, 2.45) is 0 Å². The Kier molecular flexibility index (Phi) is 5.03. The Morgan fingerprint density at radius 1 is 1.29 bits per heavy atom. The number of likely N-dealkylation sites (tertiary alicyclic amines) is 1. The summed E-state index contributed by atoms with van der Waals surface area (Å²) in [5.74, 6) is 1.55. The minimum atomic E-state index is 0.0522. The minimum absolute atomic E-state index is 0.0522. The molecule has 6 nitrogen and oxygen atoms in total. The molecule has 1 amide bonds. The summed E-state index contributed by atoms with van der Waals surface area (Å²) >= 11 is 0. The van der Waals surface area contributed by atoms with Gasteiger partial charge < -0.3 is 14.4 Å². The molecule has 0 radical (unpaired) electrons. The molecule has 1 aromatic heterocycles. The van der Waals surface area contributed by atoms with E-state index in [-0.39, 0.29) is 12.0 Å². The number of nitrogens with one attached hydrogen (secondary N) is 1. The van der Waals surface area contributed by atoms with Gasteiger partial charge in [-0.15, -0.1) is 0 Å². The van der Waals surface area contributed by atoms with E-state index in [4.69, 9.17) is 9.47 Å². The number of ether oxygens (including phenoxy) is 2. The highest BCUT2D eigenvalue weighted by molar-refractivity contribution is 5.95. The molecular weight excluding hydrogens is 306 g/mol. The van der Waals surface area contributed by atoms with Crippen LogP contribution < -0.4 is 9.47 Å². The van der Waals surface area contributed by atoms with Crippen LogP contribution in [-0.4, -0.2) is 47.3 Å². The van der Waals surface area contributed by atoms with E-state index < -0.39 is 0 Å². The predicted molar refractivity (Wildman–Crippen MR) is 90.5 cm³/mol. The Bertz CT molecular complexity index is 690. The third-order valence-electron chi connectivity index (χ3n) is 4.39. The standard InChI is InChI=1S/C18H23N3O3/c1-3-15-14(12-19-20-15)18(22)21-10-8-13(9-11-21)24-17-7-5-4-6-16(17)23-2/h4-7,12-13H,3,8-11H2,1-2H3,(H,19,20). The molecule has 0 saturated carbocycles. The Hall–Kier alpha value is -2.50. The highest BCUT2D eigenvalue weighted by atomic mass is 16.5. The Balaban J connectivity index is 1.59. The van der Waals surface area contributed by atoms with Crippen LogP contribution in [0.4, 0.5) is 0 Å². The Labute approximate surface area is 141 Å². The van der Waals surface area contributed by atoms with Crippen molar-refractivity contribution in [3.8, 4) is 11.5 Å². The summed E-state index contributed by atoms with van der Waals surface area (Å²) in [6.07, 6.45) is 4.11. The highest BCUT2D eigenvalue weighted by Gasteiger charge is 2.26. The van der Waals surface area contributed by atoms with Crippen molar-refractivity contribution in [1.82, 2.24) is 15.1 Å². The van der Waals surface area contributed by atoms with Gasteiger partial charge in [0.05, 0.1) is 18.9 Å². The SMILES string of the molecule is CCc1[nH]ncc1C(=O)N1CCC(Oc2ccccc2OC)CC1. The van der Waals surface area contributed by atoms with Gasteiger partial charge in [0.1, 0.15) is 6.10 Å². The van der Waals surface area contributed by atoms with Crippen molar-refractivity contribution in [3.05, 3.63) is 41.7 Å². The number of amides is 1. The monoisotopic (exact) mass is 329 g/mol. The summed E-state index contributed by atoms with van der Waals surface area (Å²) in [5.41, 5.74) is 1.58. The first-order valence-electron chi connectivity index (χ1n) is 8.34. The normalized spacial score (nSPS) is 15.3. The molecule has 1 fully saturated rings. The summed E-state index contributed by atoms with van der Waals surface area (Å²) in [6, 6.07) is 7.65. The zero-order chi connectivity index (χ0) is 16.9. The number of rotatable bonds is 5. The van der Waals surface area contributed by atoms with Crippen molar-refractivity contribution in [3.63, 3.8) is 0 Å². The molecular formula is C18H23N3O3. The number of nitrogens with zero attached hydrogens (tertiary/aromatic N) is 2. The number of carbonyl (C=O) groups is 1. The number of piperidine rings is 1. The molecule has 1 saturated heterocycles. The number of methoxy groups -OCH3 is 1. The average Bonchev–Trinajstić information content (AvgIpc) is 3.11. The third-order valence-corrected chi connectivity index (χ3v) is 4.39. The van der Waals surface area contributed by atoms with Gasteiger partial charge in [-0.25, -0.2) is 0 Å². The van der Waals surface area contributed by atoms with Gasteiger partial charge in [0.2, 0.25) is 0 Å². The molecule has 2 aromatic rings. The lowest BCUT2D eigenvalue weighted by Gasteiger charge is -2.32. The van der Waals surface area contributed by atoms with Gasteiger partial charge in [0, 0.05) is 31.6 Å². The van der Waals surface area contributed by atoms with Crippen molar-refractivity contribution >= 4 is 5.91 Å². The number of aromatic nitrogens is 2. The summed E-state index contributed by atoms with van der Waals surface area (Å²) in [4.78, 5) is 14.5. The lowest BCUT2D eigenvalue weighted by Crippen LogP contribution is -2.42. The van der Waals surface area contributed by atoms with Crippen molar-refractivity contribution in [2.75, 3.05) is 20.2 Å². The van der Waals surface area contributed by atoms with Gasteiger partial charge >= 0.3 is 0 Å². The Morgan fingerprint density at radius 2 is 2.00 bits per heavy atom. The van der Waals surface area contributed by atoms with Crippen LogP contribution in [0.5, 0.6) is 11.5 Å². The van der Waals surface area contributed by atoms with E-state index in [1.54, 1.807) is 13.3 Å². The smallest absolute Gasteiger partial charge is 0.257 e. The minimum Gasteiger partial charge on any atom is -0.493 e. The van der Waals surface area contributed by atoms with E-state index in [9.17, 15) is 4.79 Å². The van der Waals surface area contributed by atoms with Gasteiger partial charge in [-0.05, 0) is 18.6 Å². The van der Waals surface area contributed by atoms with Crippen LogP contribution in [0.15, 0.2) is 30.5 Å². The number of aryl methyl sites for hydroxylation is 1. The van der Waals surface area contributed by atoms with E-state index >= 15 is 0 Å². The second-order valence-corrected chi connectivity index (χ2v) is 5.88. The molecule has 0 bridgehead atoms. The number of para-hydroxylation sites is 2. The van der Waals surface area contributed by atoms with Crippen LogP contribution in [0, 0.1) is 0 Å². The predicted octanol–water partition coefficient (Wildman–Crippen LogP) is 2.66. The number of hydrogen-bond donors (Lipinski definition) is 1. The molecule has 24 heavy (non-hydrogen) atoms.